The van der Waals surface area contributed by atoms with Crippen LogP contribution < -0.4 is 5.32 Å². The number of rotatable bonds is 6. The molecule has 1 atom stereocenters. The van der Waals surface area contributed by atoms with Gasteiger partial charge >= 0.3 is 0 Å². The summed E-state index contributed by atoms with van der Waals surface area (Å²) >= 11 is 0. The standard InChI is InChI=1S/C14H19F2NO3/c1-3-8(4-2)12(19)7-17-14(20)13-10(16)5-9(15)6-11(13)18/h5-6,8,12,18-19H,3-4,7H2,1-2H3,(H,17,20). The molecule has 0 saturated heterocycles. The summed E-state index contributed by atoms with van der Waals surface area (Å²) in [5.41, 5.74) is -0.622. The molecule has 1 amide bonds. The summed E-state index contributed by atoms with van der Waals surface area (Å²) in [6.07, 6.45) is 0.757. The van der Waals surface area contributed by atoms with Gasteiger partial charge < -0.3 is 15.5 Å². The number of phenols is 1. The zero-order valence-corrected chi connectivity index (χ0v) is 11.5. The third-order valence-electron chi connectivity index (χ3n) is 3.33. The molecule has 0 aliphatic rings. The number of aliphatic hydroxyl groups is 1. The molecule has 0 saturated carbocycles. The number of carbonyl (C=O) groups excluding carboxylic acids is 1. The average molecular weight is 287 g/mol. The van der Waals surface area contributed by atoms with Crippen molar-refractivity contribution in [3.63, 3.8) is 0 Å². The fraction of sp³-hybridized carbons (Fsp3) is 0.500. The van der Waals surface area contributed by atoms with Gasteiger partial charge in [0, 0.05) is 18.7 Å². The van der Waals surface area contributed by atoms with Crippen LogP contribution in [0.5, 0.6) is 5.75 Å². The monoisotopic (exact) mass is 287 g/mol. The highest BCUT2D eigenvalue weighted by atomic mass is 19.1. The second kappa shape index (κ2) is 7.19. The molecule has 0 aliphatic carbocycles. The molecule has 0 radical (unpaired) electrons. The van der Waals surface area contributed by atoms with Crippen LogP contribution in [0, 0.1) is 17.6 Å². The Labute approximate surface area is 116 Å². The van der Waals surface area contributed by atoms with Crippen molar-refractivity contribution in [2.24, 2.45) is 5.92 Å². The van der Waals surface area contributed by atoms with E-state index in [0.717, 1.165) is 12.8 Å². The third kappa shape index (κ3) is 3.90. The summed E-state index contributed by atoms with van der Waals surface area (Å²) in [7, 11) is 0. The molecule has 1 unspecified atom stereocenters. The van der Waals surface area contributed by atoms with E-state index >= 15 is 0 Å². The predicted octanol–water partition coefficient (Wildman–Crippen LogP) is 2.20. The van der Waals surface area contributed by atoms with Crippen molar-refractivity contribution < 1.29 is 23.8 Å². The second-order valence-electron chi connectivity index (χ2n) is 4.64. The average Bonchev–Trinajstić information content (AvgIpc) is 2.36. The lowest BCUT2D eigenvalue weighted by Crippen LogP contribution is -2.36. The fourth-order valence-corrected chi connectivity index (χ4v) is 2.07. The Balaban J connectivity index is 2.73. The number of aromatic hydroxyl groups is 1. The van der Waals surface area contributed by atoms with Gasteiger partial charge in [0.15, 0.2) is 0 Å². The van der Waals surface area contributed by atoms with Gasteiger partial charge in [-0.15, -0.1) is 0 Å². The molecule has 0 heterocycles. The highest BCUT2D eigenvalue weighted by Gasteiger charge is 2.21. The summed E-state index contributed by atoms with van der Waals surface area (Å²) in [5, 5.41) is 21.6. The van der Waals surface area contributed by atoms with Crippen molar-refractivity contribution in [3.05, 3.63) is 29.3 Å². The maximum Gasteiger partial charge on any atom is 0.258 e. The van der Waals surface area contributed by atoms with Crippen molar-refractivity contribution in [2.75, 3.05) is 6.54 Å². The molecule has 3 N–H and O–H groups in total. The molecule has 6 heteroatoms. The van der Waals surface area contributed by atoms with E-state index in [2.05, 4.69) is 5.32 Å². The third-order valence-corrected chi connectivity index (χ3v) is 3.33. The molecule has 0 spiro atoms. The molecular weight excluding hydrogens is 268 g/mol. The molecule has 1 aromatic carbocycles. The Kier molecular flexibility index (Phi) is 5.88. The molecule has 0 fully saturated rings. The molecule has 1 rings (SSSR count). The van der Waals surface area contributed by atoms with E-state index in [4.69, 9.17) is 0 Å². The number of aliphatic hydroxyl groups excluding tert-OH is 1. The van der Waals surface area contributed by atoms with Gasteiger partial charge in [0.05, 0.1) is 6.10 Å². The number of phenolic OH excluding ortho intramolecular Hbond substituents is 1. The minimum atomic E-state index is -1.14. The summed E-state index contributed by atoms with van der Waals surface area (Å²) in [6, 6.07) is 1.18. The number of halogens is 2. The Morgan fingerprint density at radius 1 is 1.30 bits per heavy atom. The topological polar surface area (TPSA) is 69.6 Å². The van der Waals surface area contributed by atoms with Crippen LogP contribution in [-0.2, 0) is 0 Å². The number of carbonyl (C=O) groups is 1. The molecule has 0 aliphatic heterocycles. The van der Waals surface area contributed by atoms with E-state index in [-0.39, 0.29) is 12.5 Å². The van der Waals surface area contributed by atoms with Crippen LogP contribution in [0.15, 0.2) is 12.1 Å². The Hall–Kier alpha value is -1.69. The summed E-state index contributed by atoms with van der Waals surface area (Å²) < 4.78 is 26.3. The summed E-state index contributed by atoms with van der Waals surface area (Å²) in [6.45, 7) is 3.79. The highest BCUT2D eigenvalue weighted by molar-refractivity contribution is 5.97. The van der Waals surface area contributed by atoms with E-state index < -0.39 is 35.0 Å². The van der Waals surface area contributed by atoms with Crippen molar-refractivity contribution >= 4 is 5.91 Å². The van der Waals surface area contributed by atoms with Crippen LogP contribution in [0.3, 0.4) is 0 Å². The van der Waals surface area contributed by atoms with Crippen molar-refractivity contribution in [1.29, 1.82) is 0 Å². The van der Waals surface area contributed by atoms with Gasteiger partial charge in [-0.1, -0.05) is 26.7 Å². The lowest BCUT2D eigenvalue weighted by Gasteiger charge is -2.20. The number of hydrogen-bond donors (Lipinski definition) is 3. The van der Waals surface area contributed by atoms with Gasteiger partial charge in [0.25, 0.3) is 5.91 Å². The zero-order valence-electron chi connectivity index (χ0n) is 11.5. The smallest absolute Gasteiger partial charge is 0.258 e. The van der Waals surface area contributed by atoms with Crippen LogP contribution in [0.2, 0.25) is 0 Å². The van der Waals surface area contributed by atoms with Gasteiger partial charge in [-0.3, -0.25) is 4.79 Å². The molecule has 1 aromatic rings. The van der Waals surface area contributed by atoms with Crippen molar-refractivity contribution in [3.8, 4) is 5.75 Å². The van der Waals surface area contributed by atoms with Crippen LogP contribution >= 0.6 is 0 Å². The van der Waals surface area contributed by atoms with E-state index in [9.17, 15) is 23.8 Å². The Morgan fingerprint density at radius 2 is 1.90 bits per heavy atom. The van der Waals surface area contributed by atoms with E-state index in [0.29, 0.717) is 12.1 Å². The maximum absolute atomic E-state index is 13.5. The highest BCUT2D eigenvalue weighted by Crippen LogP contribution is 2.22. The van der Waals surface area contributed by atoms with Crippen LogP contribution in [-0.4, -0.2) is 28.8 Å². The molecular formula is C14H19F2NO3. The van der Waals surface area contributed by atoms with Crippen molar-refractivity contribution in [1.82, 2.24) is 5.32 Å². The second-order valence-corrected chi connectivity index (χ2v) is 4.64. The van der Waals surface area contributed by atoms with Crippen LogP contribution in [0.25, 0.3) is 0 Å². The summed E-state index contributed by atoms with van der Waals surface area (Å²) in [4.78, 5) is 11.8. The normalized spacial score (nSPS) is 12.5. The van der Waals surface area contributed by atoms with Gasteiger partial charge in [0.2, 0.25) is 0 Å². The Bertz CT molecular complexity index is 452. The molecule has 4 nitrogen and oxygen atoms in total. The minimum Gasteiger partial charge on any atom is -0.507 e. The Morgan fingerprint density at radius 3 is 2.40 bits per heavy atom. The SMILES string of the molecule is CCC(CC)C(O)CNC(=O)c1c(O)cc(F)cc1F. The van der Waals surface area contributed by atoms with Gasteiger partial charge in [-0.25, -0.2) is 8.78 Å². The number of benzene rings is 1. The summed E-state index contributed by atoms with van der Waals surface area (Å²) in [5.74, 6) is -3.73. The predicted molar refractivity (Wildman–Crippen MR) is 70.4 cm³/mol. The number of hydrogen-bond acceptors (Lipinski definition) is 3. The van der Waals surface area contributed by atoms with E-state index in [1.165, 1.54) is 0 Å². The number of amides is 1. The first-order valence-electron chi connectivity index (χ1n) is 6.54. The fourth-order valence-electron chi connectivity index (χ4n) is 2.07. The first kappa shape index (κ1) is 16.4. The zero-order chi connectivity index (χ0) is 15.3. The molecule has 20 heavy (non-hydrogen) atoms. The maximum atomic E-state index is 13.5. The van der Waals surface area contributed by atoms with E-state index in [1.54, 1.807) is 0 Å². The van der Waals surface area contributed by atoms with E-state index in [1.807, 2.05) is 13.8 Å². The van der Waals surface area contributed by atoms with Crippen LogP contribution in [0.4, 0.5) is 8.78 Å². The first-order valence-corrected chi connectivity index (χ1v) is 6.54. The largest absolute Gasteiger partial charge is 0.507 e. The lowest BCUT2D eigenvalue weighted by atomic mass is 9.96. The quantitative estimate of drug-likeness (QED) is 0.751. The van der Waals surface area contributed by atoms with Crippen molar-refractivity contribution in [2.45, 2.75) is 32.8 Å². The van der Waals surface area contributed by atoms with Crippen LogP contribution in [0.1, 0.15) is 37.0 Å². The molecule has 0 bridgehead atoms. The first-order chi connectivity index (χ1) is 9.40. The number of nitrogens with one attached hydrogen (secondary N) is 1. The lowest BCUT2D eigenvalue weighted by molar-refractivity contribution is 0.0811. The van der Waals surface area contributed by atoms with Gasteiger partial charge in [-0.05, 0) is 5.92 Å². The van der Waals surface area contributed by atoms with Gasteiger partial charge in [-0.2, -0.15) is 0 Å². The molecule has 112 valence electrons. The molecule has 0 aromatic heterocycles. The minimum absolute atomic E-state index is 0.0296. The van der Waals surface area contributed by atoms with Gasteiger partial charge in [0.1, 0.15) is 22.9 Å².